The van der Waals surface area contributed by atoms with Crippen molar-refractivity contribution in [1.82, 2.24) is 25.0 Å². The highest BCUT2D eigenvalue weighted by Crippen LogP contribution is 2.16. The minimum atomic E-state index is -0.329. The summed E-state index contributed by atoms with van der Waals surface area (Å²) < 4.78 is 14.7. The SMILES string of the molecule is Cc1nc(C(=O)NCc2ccccc2CN2CCCC2)nn1-c1ccc(F)cc1. The van der Waals surface area contributed by atoms with Crippen molar-refractivity contribution in [2.24, 2.45) is 0 Å². The first-order valence-electron chi connectivity index (χ1n) is 9.87. The van der Waals surface area contributed by atoms with Crippen LogP contribution in [0.1, 0.15) is 40.4 Å². The lowest BCUT2D eigenvalue weighted by Gasteiger charge is -2.17. The van der Waals surface area contributed by atoms with Gasteiger partial charge in [-0.15, -0.1) is 5.10 Å². The number of aromatic nitrogens is 3. The molecule has 4 rings (SSSR count). The predicted molar refractivity (Wildman–Crippen MR) is 108 cm³/mol. The molecule has 1 N–H and O–H groups in total. The lowest BCUT2D eigenvalue weighted by molar-refractivity contribution is 0.0940. The Morgan fingerprint density at radius 1 is 1.07 bits per heavy atom. The van der Waals surface area contributed by atoms with Crippen molar-refractivity contribution >= 4 is 5.91 Å². The van der Waals surface area contributed by atoms with Crippen molar-refractivity contribution in [1.29, 1.82) is 0 Å². The van der Waals surface area contributed by atoms with Gasteiger partial charge in [-0.1, -0.05) is 24.3 Å². The summed E-state index contributed by atoms with van der Waals surface area (Å²) in [4.78, 5) is 19.3. The second-order valence-corrected chi connectivity index (χ2v) is 7.31. The van der Waals surface area contributed by atoms with E-state index in [1.165, 1.54) is 35.2 Å². The molecule has 1 aliphatic rings. The number of rotatable bonds is 6. The summed E-state index contributed by atoms with van der Waals surface area (Å²) in [7, 11) is 0. The zero-order valence-corrected chi connectivity index (χ0v) is 16.4. The molecule has 1 amide bonds. The lowest BCUT2D eigenvalue weighted by atomic mass is 10.1. The van der Waals surface area contributed by atoms with Crippen molar-refractivity contribution in [3.8, 4) is 5.69 Å². The van der Waals surface area contributed by atoms with E-state index in [2.05, 4.69) is 26.4 Å². The maximum Gasteiger partial charge on any atom is 0.291 e. The third-order valence-corrected chi connectivity index (χ3v) is 5.19. The van der Waals surface area contributed by atoms with E-state index in [0.29, 0.717) is 18.1 Å². The molecule has 0 unspecified atom stereocenters. The Labute approximate surface area is 169 Å². The van der Waals surface area contributed by atoms with Crippen LogP contribution in [0.4, 0.5) is 4.39 Å². The molecular weight excluding hydrogens is 369 g/mol. The van der Waals surface area contributed by atoms with Crippen LogP contribution in [0, 0.1) is 12.7 Å². The van der Waals surface area contributed by atoms with E-state index in [0.717, 1.165) is 25.2 Å². The number of nitrogens with zero attached hydrogens (tertiary/aromatic N) is 4. The van der Waals surface area contributed by atoms with Gasteiger partial charge in [0.1, 0.15) is 11.6 Å². The van der Waals surface area contributed by atoms with Crippen molar-refractivity contribution in [2.45, 2.75) is 32.9 Å². The second-order valence-electron chi connectivity index (χ2n) is 7.31. The topological polar surface area (TPSA) is 63.1 Å². The summed E-state index contributed by atoms with van der Waals surface area (Å²) in [6.07, 6.45) is 2.50. The smallest absolute Gasteiger partial charge is 0.291 e. The number of hydrogen-bond donors (Lipinski definition) is 1. The highest BCUT2D eigenvalue weighted by Gasteiger charge is 2.17. The quantitative estimate of drug-likeness (QED) is 0.698. The van der Waals surface area contributed by atoms with Gasteiger partial charge in [0.15, 0.2) is 0 Å². The highest BCUT2D eigenvalue weighted by atomic mass is 19.1. The number of amides is 1. The van der Waals surface area contributed by atoms with E-state index >= 15 is 0 Å². The minimum absolute atomic E-state index is 0.101. The maximum atomic E-state index is 13.1. The van der Waals surface area contributed by atoms with Crippen molar-refractivity contribution in [3.63, 3.8) is 0 Å². The number of benzene rings is 2. The predicted octanol–water partition coefficient (Wildman–Crippen LogP) is 3.24. The van der Waals surface area contributed by atoms with Gasteiger partial charge in [-0.25, -0.2) is 14.1 Å². The van der Waals surface area contributed by atoms with Crippen LogP contribution in [0.25, 0.3) is 5.69 Å². The standard InChI is InChI=1S/C22H24FN5O/c1-16-25-21(26-28(16)20-10-8-19(23)9-11-20)22(29)24-14-17-6-2-3-7-18(17)15-27-12-4-5-13-27/h2-3,6-11H,4-5,12-15H2,1H3,(H,24,29). The zero-order valence-electron chi connectivity index (χ0n) is 16.4. The van der Waals surface area contributed by atoms with Gasteiger partial charge in [0.2, 0.25) is 5.82 Å². The van der Waals surface area contributed by atoms with E-state index < -0.39 is 0 Å². The fourth-order valence-corrected chi connectivity index (χ4v) is 3.63. The van der Waals surface area contributed by atoms with E-state index in [1.807, 2.05) is 18.2 Å². The third kappa shape index (κ3) is 4.51. The summed E-state index contributed by atoms with van der Waals surface area (Å²) in [5.41, 5.74) is 2.99. The maximum absolute atomic E-state index is 13.1. The first-order valence-corrected chi connectivity index (χ1v) is 9.87. The number of hydrogen-bond acceptors (Lipinski definition) is 4. The summed E-state index contributed by atoms with van der Waals surface area (Å²) in [5.74, 6) is 0.0158. The molecule has 1 saturated heterocycles. The average molecular weight is 393 g/mol. The molecule has 3 aromatic rings. The molecule has 0 aliphatic carbocycles. The fraction of sp³-hybridized carbons (Fsp3) is 0.318. The first kappa shape index (κ1) is 19.3. The molecule has 150 valence electrons. The summed E-state index contributed by atoms with van der Waals surface area (Å²) in [5, 5.41) is 7.22. The van der Waals surface area contributed by atoms with Gasteiger partial charge < -0.3 is 5.32 Å². The molecule has 1 aliphatic heterocycles. The Kier molecular flexibility index (Phi) is 5.67. The Balaban J connectivity index is 1.44. The molecule has 0 radical (unpaired) electrons. The first-order chi connectivity index (χ1) is 14.1. The van der Waals surface area contributed by atoms with Gasteiger partial charge in [0.05, 0.1) is 5.69 Å². The Bertz CT molecular complexity index is 993. The highest BCUT2D eigenvalue weighted by molar-refractivity contribution is 5.90. The fourth-order valence-electron chi connectivity index (χ4n) is 3.63. The van der Waals surface area contributed by atoms with Gasteiger partial charge in [-0.2, -0.15) is 0 Å². The Hall–Kier alpha value is -3.06. The van der Waals surface area contributed by atoms with Gasteiger partial charge in [-0.3, -0.25) is 9.69 Å². The van der Waals surface area contributed by atoms with Crippen LogP contribution < -0.4 is 5.32 Å². The van der Waals surface area contributed by atoms with Gasteiger partial charge in [-0.05, 0) is 68.2 Å². The molecule has 0 atom stereocenters. The summed E-state index contributed by atoms with van der Waals surface area (Å²) in [6, 6.07) is 14.1. The normalized spacial score (nSPS) is 14.3. The monoisotopic (exact) mass is 393 g/mol. The molecule has 1 aromatic heterocycles. The number of aryl methyl sites for hydroxylation is 1. The van der Waals surface area contributed by atoms with Gasteiger partial charge >= 0.3 is 0 Å². The Morgan fingerprint density at radius 2 is 1.76 bits per heavy atom. The molecule has 2 heterocycles. The van der Waals surface area contributed by atoms with Crippen LogP contribution in [0.15, 0.2) is 48.5 Å². The molecular formula is C22H24FN5O. The molecule has 2 aromatic carbocycles. The third-order valence-electron chi connectivity index (χ3n) is 5.19. The number of carbonyl (C=O) groups excluding carboxylic acids is 1. The molecule has 6 nitrogen and oxygen atoms in total. The van der Waals surface area contributed by atoms with E-state index in [9.17, 15) is 9.18 Å². The van der Waals surface area contributed by atoms with Crippen molar-refractivity contribution in [3.05, 3.63) is 77.1 Å². The molecule has 0 saturated carbocycles. The van der Waals surface area contributed by atoms with Crippen LogP contribution in [0.5, 0.6) is 0 Å². The Morgan fingerprint density at radius 3 is 2.48 bits per heavy atom. The van der Waals surface area contributed by atoms with Crippen LogP contribution in [0.3, 0.4) is 0 Å². The molecule has 1 fully saturated rings. The second kappa shape index (κ2) is 8.53. The number of carbonyl (C=O) groups is 1. The average Bonchev–Trinajstić information content (AvgIpc) is 3.37. The van der Waals surface area contributed by atoms with Crippen LogP contribution >= 0.6 is 0 Å². The van der Waals surface area contributed by atoms with Gasteiger partial charge in [0.25, 0.3) is 5.91 Å². The minimum Gasteiger partial charge on any atom is -0.345 e. The van der Waals surface area contributed by atoms with Crippen LogP contribution in [-0.4, -0.2) is 38.7 Å². The van der Waals surface area contributed by atoms with E-state index in [-0.39, 0.29) is 17.5 Å². The molecule has 7 heteroatoms. The number of nitrogens with one attached hydrogen (secondary N) is 1. The lowest BCUT2D eigenvalue weighted by Crippen LogP contribution is -2.26. The molecule has 0 spiro atoms. The van der Waals surface area contributed by atoms with E-state index in [1.54, 1.807) is 19.1 Å². The largest absolute Gasteiger partial charge is 0.345 e. The van der Waals surface area contributed by atoms with E-state index in [4.69, 9.17) is 0 Å². The van der Waals surface area contributed by atoms with Crippen molar-refractivity contribution < 1.29 is 9.18 Å². The zero-order chi connectivity index (χ0) is 20.2. The number of likely N-dealkylation sites (tertiary alicyclic amines) is 1. The van der Waals surface area contributed by atoms with Gasteiger partial charge in [0, 0.05) is 13.1 Å². The summed E-state index contributed by atoms with van der Waals surface area (Å²) in [6.45, 7) is 5.35. The molecule has 29 heavy (non-hydrogen) atoms. The summed E-state index contributed by atoms with van der Waals surface area (Å²) >= 11 is 0. The van der Waals surface area contributed by atoms with Crippen LogP contribution in [0.2, 0.25) is 0 Å². The van der Waals surface area contributed by atoms with Crippen LogP contribution in [-0.2, 0) is 13.1 Å². The van der Waals surface area contributed by atoms with Crippen molar-refractivity contribution in [2.75, 3.05) is 13.1 Å². The molecule has 0 bridgehead atoms. The number of halogens is 1.